The minimum absolute atomic E-state index is 0.150. The van der Waals surface area contributed by atoms with Gasteiger partial charge in [0.25, 0.3) is 0 Å². The van der Waals surface area contributed by atoms with Crippen LogP contribution in [0.5, 0.6) is 5.88 Å². The Morgan fingerprint density at radius 1 is 0.704 bits per heavy atom. The predicted molar refractivity (Wildman–Crippen MR) is 111 cm³/mol. The number of hydrogen-bond acceptors (Lipinski definition) is 2. The van der Waals surface area contributed by atoms with E-state index in [9.17, 15) is 5.11 Å². The first-order valence-electron chi connectivity index (χ1n) is 8.81. The Morgan fingerprint density at radius 2 is 1.33 bits per heavy atom. The lowest BCUT2D eigenvalue weighted by Gasteiger charge is -2.01. The van der Waals surface area contributed by atoms with Crippen LogP contribution in [0.3, 0.4) is 0 Å². The maximum atomic E-state index is 10.6. The van der Waals surface area contributed by atoms with Crippen molar-refractivity contribution in [3.8, 4) is 17.1 Å². The average molecular weight is 351 g/mol. The number of nitrogens with one attached hydrogen (secondary N) is 2. The molecule has 0 aliphatic heterocycles. The molecule has 27 heavy (non-hydrogen) atoms. The molecule has 0 fully saturated rings. The molecule has 3 aromatic carbocycles. The van der Waals surface area contributed by atoms with Gasteiger partial charge in [-0.05, 0) is 24.3 Å². The fraction of sp³-hybridized carbons (Fsp3) is 0. The fourth-order valence-electron chi connectivity index (χ4n) is 3.53. The Labute approximate surface area is 155 Å². The number of H-pyrrole nitrogens is 2. The standard InChI is InChI=1S/C23H17N3O/c27-23-21(17-11-5-7-13-20(17)26-23)22-18(14-24-15-8-2-1-3-9-15)16-10-4-6-12-19(16)25-22/h1-14,25-27H. The molecule has 0 saturated heterocycles. The van der Waals surface area contributed by atoms with E-state index in [1.165, 1.54) is 0 Å². The third-order valence-electron chi connectivity index (χ3n) is 4.78. The molecule has 0 unspecified atom stereocenters. The molecule has 4 heteroatoms. The first-order valence-corrected chi connectivity index (χ1v) is 8.81. The van der Waals surface area contributed by atoms with Crippen molar-refractivity contribution >= 4 is 33.7 Å². The molecule has 130 valence electrons. The highest BCUT2D eigenvalue weighted by Gasteiger charge is 2.19. The number of para-hydroxylation sites is 3. The van der Waals surface area contributed by atoms with Crippen molar-refractivity contribution in [3.63, 3.8) is 0 Å². The van der Waals surface area contributed by atoms with Gasteiger partial charge in [0.15, 0.2) is 5.88 Å². The van der Waals surface area contributed by atoms with Gasteiger partial charge >= 0.3 is 0 Å². The predicted octanol–water partition coefficient (Wildman–Crippen LogP) is 5.77. The smallest absolute Gasteiger partial charge is 0.199 e. The van der Waals surface area contributed by atoms with E-state index in [0.29, 0.717) is 0 Å². The molecule has 0 spiro atoms. The summed E-state index contributed by atoms with van der Waals surface area (Å²) in [5.74, 6) is 0.150. The van der Waals surface area contributed by atoms with Gasteiger partial charge in [-0.25, -0.2) is 0 Å². The van der Waals surface area contributed by atoms with Gasteiger partial charge in [0, 0.05) is 33.6 Å². The molecule has 0 amide bonds. The van der Waals surface area contributed by atoms with Crippen LogP contribution in [-0.2, 0) is 0 Å². The molecule has 0 saturated carbocycles. The summed E-state index contributed by atoms with van der Waals surface area (Å²) in [6.07, 6.45) is 1.87. The number of aromatic amines is 2. The summed E-state index contributed by atoms with van der Waals surface area (Å²) in [7, 11) is 0. The maximum Gasteiger partial charge on any atom is 0.199 e. The molecule has 0 atom stereocenters. The van der Waals surface area contributed by atoms with E-state index in [-0.39, 0.29) is 5.88 Å². The molecule has 2 aromatic heterocycles. The Kier molecular flexibility index (Phi) is 3.54. The molecule has 3 N–H and O–H groups in total. The molecule has 2 heterocycles. The van der Waals surface area contributed by atoms with Crippen LogP contribution in [0.1, 0.15) is 5.56 Å². The summed E-state index contributed by atoms with van der Waals surface area (Å²) in [4.78, 5) is 11.2. The second kappa shape index (κ2) is 6.18. The third-order valence-corrected chi connectivity index (χ3v) is 4.78. The summed E-state index contributed by atoms with van der Waals surface area (Å²) in [5, 5.41) is 12.6. The molecule has 0 aliphatic carbocycles. The highest BCUT2D eigenvalue weighted by atomic mass is 16.3. The van der Waals surface area contributed by atoms with Crippen LogP contribution < -0.4 is 0 Å². The largest absolute Gasteiger partial charge is 0.494 e. The first kappa shape index (κ1) is 15.5. The molecule has 5 aromatic rings. The number of rotatable bonds is 3. The highest BCUT2D eigenvalue weighted by molar-refractivity contribution is 6.11. The van der Waals surface area contributed by atoms with E-state index < -0.39 is 0 Å². The van der Waals surface area contributed by atoms with Crippen LogP contribution >= 0.6 is 0 Å². The summed E-state index contributed by atoms with van der Waals surface area (Å²) < 4.78 is 0. The van der Waals surface area contributed by atoms with Crippen molar-refractivity contribution in [2.24, 2.45) is 4.99 Å². The molecule has 0 bridgehead atoms. The Balaban J connectivity index is 1.77. The van der Waals surface area contributed by atoms with Gasteiger partial charge in [0.05, 0.1) is 16.9 Å². The Morgan fingerprint density at radius 3 is 2.11 bits per heavy atom. The van der Waals surface area contributed by atoms with Gasteiger partial charge in [0.2, 0.25) is 0 Å². The zero-order valence-corrected chi connectivity index (χ0v) is 14.5. The highest BCUT2D eigenvalue weighted by Crippen LogP contribution is 2.39. The quantitative estimate of drug-likeness (QED) is 0.355. The van der Waals surface area contributed by atoms with E-state index in [1.54, 1.807) is 0 Å². The number of aromatic hydroxyl groups is 1. The zero-order valence-electron chi connectivity index (χ0n) is 14.5. The van der Waals surface area contributed by atoms with Crippen molar-refractivity contribution < 1.29 is 5.11 Å². The lowest BCUT2D eigenvalue weighted by molar-refractivity contribution is 0.460. The normalized spacial score (nSPS) is 11.7. The molecule has 0 aliphatic rings. The van der Waals surface area contributed by atoms with Crippen LogP contribution in [0.2, 0.25) is 0 Å². The maximum absolute atomic E-state index is 10.6. The van der Waals surface area contributed by atoms with Gasteiger partial charge in [-0.1, -0.05) is 54.6 Å². The SMILES string of the molecule is Oc1[nH]c2ccccc2c1-c1[nH]c2ccccc2c1C=Nc1ccccc1. The van der Waals surface area contributed by atoms with Gasteiger partial charge in [0.1, 0.15) is 0 Å². The van der Waals surface area contributed by atoms with Crippen LogP contribution in [0.25, 0.3) is 33.1 Å². The lowest BCUT2D eigenvalue weighted by atomic mass is 10.0. The van der Waals surface area contributed by atoms with Crippen molar-refractivity contribution in [2.75, 3.05) is 0 Å². The van der Waals surface area contributed by atoms with Gasteiger partial charge < -0.3 is 15.1 Å². The van der Waals surface area contributed by atoms with Crippen LogP contribution in [0.4, 0.5) is 5.69 Å². The van der Waals surface area contributed by atoms with Crippen molar-refractivity contribution in [3.05, 3.63) is 84.4 Å². The minimum Gasteiger partial charge on any atom is -0.494 e. The first-order chi connectivity index (χ1) is 13.3. The number of aliphatic imine (C=N–C) groups is 1. The Bertz CT molecular complexity index is 1280. The third kappa shape index (κ3) is 2.59. The summed E-state index contributed by atoms with van der Waals surface area (Å²) in [5.41, 5.74) is 5.36. The molecular formula is C23H17N3O. The van der Waals surface area contributed by atoms with Crippen molar-refractivity contribution in [1.82, 2.24) is 9.97 Å². The monoisotopic (exact) mass is 351 g/mol. The van der Waals surface area contributed by atoms with Crippen molar-refractivity contribution in [2.45, 2.75) is 0 Å². The van der Waals surface area contributed by atoms with E-state index >= 15 is 0 Å². The Hall–Kier alpha value is -3.79. The summed E-state index contributed by atoms with van der Waals surface area (Å²) in [6, 6.07) is 25.8. The van der Waals surface area contributed by atoms with E-state index in [0.717, 1.165) is 44.3 Å². The number of benzene rings is 3. The minimum atomic E-state index is 0.150. The van der Waals surface area contributed by atoms with Crippen molar-refractivity contribution in [1.29, 1.82) is 0 Å². The second-order valence-corrected chi connectivity index (χ2v) is 6.45. The number of aromatic nitrogens is 2. The molecule has 4 nitrogen and oxygen atoms in total. The van der Waals surface area contributed by atoms with E-state index in [1.807, 2.05) is 79.0 Å². The van der Waals surface area contributed by atoms with E-state index in [2.05, 4.69) is 21.0 Å². The van der Waals surface area contributed by atoms with Gasteiger partial charge in [-0.3, -0.25) is 4.99 Å². The number of fused-ring (bicyclic) bond motifs is 2. The van der Waals surface area contributed by atoms with Gasteiger partial charge in [-0.15, -0.1) is 0 Å². The lowest BCUT2D eigenvalue weighted by Crippen LogP contribution is -1.85. The van der Waals surface area contributed by atoms with E-state index in [4.69, 9.17) is 0 Å². The fourth-order valence-corrected chi connectivity index (χ4v) is 3.53. The summed E-state index contributed by atoms with van der Waals surface area (Å²) in [6.45, 7) is 0. The second-order valence-electron chi connectivity index (χ2n) is 6.45. The number of nitrogens with zero attached hydrogens (tertiary/aromatic N) is 1. The zero-order chi connectivity index (χ0) is 18.2. The number of hydrogen-bond donors (Lipinski definition) is 3. The molecule has 5 rings (SSSR count). The average Bonchev–Trinajstić information content (AvgIpc) is 3.23. The molecular weight excluding hydrogens is 334 g/mol. The molecule has 0 radical (unpaired) electrons. The summed E-state index contributed by atoms with van der Waals surface area (Å²) >= 11 is 0. The van der Waals surface area contributed by atoms with Crippen LogP contribution in [0.15, 0.2) is 83.9 Å². The topological polar surface area (TPSA) is 64.2 Å². The van der Waals surface area contributed by atoms with Crippen LogP contribution in [-0.4, -0.2) is 21.3 Å². The van der Waals surface area contributed by atoms with Crippen LogP contribution in [0, 0.1) is 0 Å². The van der Waals surface area contributed by atoms with Gasteiger partial charge in [-0.2, -0.15) is 0 Å².